The maximum Gasteiger partial charge on any atom is 0.240 e. The quantitative estimate of drug-likeness (QED) is 0.802. The van der Waals surface area contributed by atoms with Crippen LogP contribution in [0.15, 0.2) is 4.52 Å². The summed E-state index contributed by atoms with van der Waals surface area (Å²) in [7, 11) is 0. The van der Waals surface area contributed by atoms with E-state index in [1.54, 1.807) is 0 Å². The number of aromatic nitrogens is 2. The summed E-state index contributed by atoms with van der Waals surface area (Å²) in [6, 6.07) is 0. The molecule has 17 heavy (non-hydrogen) atoms. The highest BCUT2D eigenvalue weighted by atomic mass is 16.5. The van der Waals surface area contributed by atoms with E-state index in [-0.39, 0.29) is 11.3 Å². The Bertz CT molecular complexity index is 408. The van der Waals surface area contributed by atoms with Gasteiger partial charge in [0, 0.05) is 18.5 Å². The zero-order valence-corrected chi connectivity index (χ0v) is 10.5. The Morgan fingerprint density at radius 2 is 2.24 bits per heavy atom. The van der Waals surface area contributed by atoms with E-state index in [2.05, 4.69) is 15.5 Å². The lowest BCUT2D eigenvalue weighted by Gasteiger charge is -2.24. The van der Waals surface area contributed by atoms with Crippen LogP contribution in [-0.4, -0.2) is 40.6 Å². The standard InChI is InChI=1S/C11H18N4O2/c1-11(2,3)10-13-9(17-14-10)7-15-5-4-12-8(16)6-15/h4-7H2,1-3H3,(H,12,16). The first-order valence-electron chi connectivity index (χ1n) is 5.77. The average molecular weight is 238 g/mol. The SMILES string of the molecule is CC(C)(C)c1noc(CN2CCNC(=O)C2)n1. The van der Waals surface area contributed by atoms with E-state index >= 15 is 0 Å². The topological polar surface area (TPSA) is 71.3 Å². The molecule has 1 amide bonds. The predicted molar refractivity (Wildman–Crippen MR) is 61.3 cm³/mol. The molecule has 1 saturated heterocycles. The zero-order valence-electron chi connectivity index (χ0n) is 10.5. The normalized spacial score (nSPS) is 18.2. The lowest BCUT2D eigenvalue weighted by Crippen LogP contribution is -2.47. The van der Waals surface area contributed by atoms with Gasteiger partial charge < -0.3 is 9.84 Å². The summed E-state index contributed by atoms with van der Waals surface area (Å²) in [6.45, 7) is 8.55. The largest absolute Gasteiger partial charge is 0.354 e. The van der Waals surface area contributed by atoms with E-state index < -0.39 is 0 Å². The van der Waals surface area contributed by atoms with Crippen molar-refractivity contribution in [2.45, 2.75) is 32.7 Å². The summed E-state index contributed by atoms with van der Waals surface area (Å²) < 4.78 is 5.19. The van der Waals surface area contributed by atoms with Crippen molar-refractivity contribution in [3.05, 3.63) is 11.7 Å². The molecule has 6 nitrogen and oxygen atoms in total. The highest BCUT2D eigenvalue weighted by Gasteiger charge is 2.23. The van der Waals surface area contributed by atoms with Gasteiger partial charge in [0.2, 0.25) is 11.8 Å². The summed E-state index contributed by atoms with van der Waals surface area (Å²) in [5.74, 6) is 1.32. The average Bonchev–Trinajstić information content (AvgIpc) is 2.65. The van der Waals surface area contributed by atoms with Gasteiger partial charge in [0.15, 0.2) is 5.82 Å². The molecule has 0 bridgehead atoms. The molecule has 0 aromatic carbocycles. The predicted octanol–water partition coefficient (Wildman–Crippen LogP) is 0.299. The molecule has 0 saturated carbocycles. The Kier molecular flexibility index (Phi) is 3.15. The number of carbonyl (C=O) groups is 1. The van der Waals surface area contributed by atoms with Crippen LogP contribution in [0.4, 0.5) is 0 Å². The van der Waals surface area contributed by atoms with Gasteiger partial charge in [0.1, 0.15) is 0 Å². The number of amides is 1. The van der Waals surface area contributed by atoms with Crippen molar-refractivity contribution in [1.82, 2.24) is 20.4 Å². The summed E-state index contributed by atoms with van der Waals surface area (Å²) >= 11 is 0. The molecule has 1 aromatic heterocycles. The molecule has 0 spiro atoms. The monoisotopic (exact) mass is 238 g/mol. The van der Waals surface area contributed by atoms with Gasteiger partial charge in [-0.1, -0.05) is 25.9 Å². The van der Waals surface area contributed by atoms with Crippen LogP contribution < -0.4 is 5.32 Å². The van der Waals surface area contributed by atoms with Crippen LogP contribution in [0, 0.1) is 0 Å². The number of nitrogens with zero attached hydrogens (tertiary/aromatic N) is 3. The maximum atomic E-state index is 11.2. The Hall–Kier alpha value is -1.43. The highest BCUT2D eigenvalue weighted by Crippen LogP contribution is 2.18. The number of hydrogen-bond acceptors (Lipinski definition) is 5. The fourth-order valence-electron chi connectivity index (χ4n) is 1.64. The van der Waals surface area contributed by atoms with Crippen LogP contribution in [-0.2, 0) is 16.8 Å². The second-order valence-electron chi connectivity index (χ2n) is 5.32. The first-order valence-corrected chi connectivity index (χ1v) is 5.77. The Labute approximate surface area is 100 Å². The summed E-state index contributed by atoms with van der Waals surface area (Å²) in [4.78, 5) is 17.6. The van der Waals surface area contributed by atoms with E-state index in [9.17, 15) is 4.79 Å². The number of nitrogens with one attached hydrogen (secondary N) is 1. The molecule has 1 aliphatic rings. The van der Waals surface area contributed by atoms with Gasteiger partial charge in [-0.3, -0.25) is 9.69 Å². The molecule has 1 aliphatic heterocycles. The van der Waals surface area contributed by atoms with Gasteiger partial charge in [-0.25, -0.2) is 0 Å². The minimum Gasteiger partial charge on any atom is -0.354 e. The molecule has 0 unspecified atom stereocenters. The van der Waals surface area contributed by atoms with Crippen LogP contribution in [0.5, 0.6) is 0 Å². The van der Waals surface area contributed by atoms with Gasteiger partial charge in [-0.15, -0.1) is 0 Å². The molecule has 0 radical (unpaired) electrons. The summed E-state index contributed by atoms with van der Waals surface area (Å²) in [5, 5.41) is 6.74. The highest BCUT2D eigenvalue weighted by molar-refractivity contribution is 5.78. The molecular formula is C11H18N4O2. The molecule has 2 heterocycles. The number of rotatable bonds is 2. The van der Waals surface area contributed by atoms with Crippen molar-refractivity contribution in [2.75, 3.05) is 19.6 Å². The second kappa shape index (κ2) is 4.44. The Morgan fingerprint density at radius 1 is 1.47 bits per heavy atom. The molecule has 94 valence electrons. The van der Waals surface area contributed by atoms with E-state index in [4.69, 9.17) is 4.52 Å². The minimum atomic E-state index is -0.110. The van der Waals surface area contributed by atoms with Crippen molar-refractivity contribution in [1.29, 1.82) is 0 Å². The summed E-state index contributed by atoms with van der Waals surface area (Å²) in [5.41, 5.74) is -0.110. The maximum absolute atomic E-state index is 11.2. The molecule has 2 rings (SSSR count). The van der Waals surface area contributed by atoms with Crippen LogP contribution >= 0.6 is 0 Å². The first kappa shape index (κ1) is 12.0. The molecule has 1 fully saturated rings. The van der Waals surface area contributed by atoms with Crippen LogP contribution in [0.1, 0.15) is 32.5 Å². The number of piperazine rings is 1. The van der Waals surface area contributed by atoms with Crippen LogP contribution in [0.25, 0.3) is 0 Å². The van der Waals surface area contributed by atoms with Gasteiger partial charge >= 0.3 is 0 Å². The number of carbonyl (C=O) groups excluding carboxylic acids is 1. The molecule has 6 heteroatoms. The van der Waals surface area contributed by atoms with Gasteiger partial charge in [0.05, 0.1) is 13.1 Å². The molecule has 1 aromatic rings. The third kappa shape index (κ3) is 3.03. The Balaban J connectivity index is 1.99. The van der Waals surface area contributed by atoms with E-state index in [0.717, 1.165) is 6.54 Å². The van der Waals surface area contributed by atoms with Gasteiger partial charge in [-0.05, 0) is 0 Å². The fraction of sp³-hybridized carbons (Fsp3) is 0.727. The lowest BCUT2D eigenvalue weighted by atomic mass is 9.96. The smallest absolute Gasteiger partial charge is 0.240 e. The van der Waals surface area contributed by atoms with Gasteiger partial charge in [0.25, 0.3) is 0 Å². The van der Waals surface area contributed by atoms with E-state index in [1.807, 2.05) is 25.7 Å². The Morgan fingerprint density at radius 3 is 2.82 bits per heavy atom. The van der Waals surface area contributed by atoms with Crippen molar-refractivity contribution >= 4 is 5.91 Å². The van der Waals surface area contributed by atoms with E-state index in [0.29, 0.717) is 31.3 Å². The molecule has 0 aliphatic carbocycles. The molecular weight excluding hydrogens is 220 g/mol. The minimum absolute atomic E-state index is 0.0480. The van der Waals surface area contributed by atoms with Crippen molar-refractivity contribution in [2.24, 2.45) is 0 Å². The zero-order chi connectivity index (χ0) is 12.5. The van der Waals surface area contributed by atoms with Crippen molar-refractivity contribution < 1.29 is 9.32 Å². The summed E-state index contributed by atoms with van der Waals surface area (Å²) in [6.07, 6.45) is 0. The van der Waals surface area contributed by atoms with Crippen molar-refractivity contribution in [3.63, 3.8) is 0 Å². The second-order valence-corrected chi connectivity index (χ2v) is 5.32. The first-order chi connectivity index (χ1) is 7.95. The third-order valence-electron chi connectivity index (χ3n) is 2.62. The number of hydrogen-bond donors (Lipinski definition) is 1. The molecule has 1 N–H and O–H groups in total. The van der Waals surface area contributed by atoms with E-state index in [1.165, 1.54) is 0 Å². The van der Waals surface area contributed by atoms with Crippen LogP contribution in [0.2, 0.25) is 0 Å². The molecule has 0 atom stereocenters. The lowest BCUT2D eigenvalue weighted by molar-refractivity contribution is -0.124. The van der Waals surface area contributed by atoms with Gasteiger partial charge in [-0.2, -0.15) is 4.98 Å². The van der Waals surface area contributed by atoms with Crippen molar-refractivity contribution in [3.8, 4) is 0 Å². The third-order valence-corrected chi connectivity index (χ3v) is 2.62. The van der Waals surface area contributed by atoms with Crippen LogP contribution in [0.3, 0.4) is 0 Å². The fourth-order valence-corrected chi connectivity index (χ4v) is 1.64.